The first-order chi connectivity index (χ1) is 12.4. The molecule has 5 rings (SSSR count). The molecular weight excluding hydrogens is 304 g/mol. The van der Waals surface area contributed by atoms with Gasteiger partial charge in [-0.25, -0.2) is 0 Å². The molecule has 0 bridgehead atoms. The van der Waals surface area contributed by atoms with Gasteiger partial charge < -0.3 is 0 Å². The molecule has 2 atom stereocenters. The van der Waals surface area contributed by atoms with Gasteiger partial charge in [0.1, 0.15) is 0 Å². The first-order valence-corrected chi connectivity index (χ1v) is 10.0. The van der Waals surface area contributed by atoms with Crippen LogP contribution in [0.3, 0.4) is 0 Å². The van der Waals surface area contributed by atoms with E-state index in [-0.39, 0.29) is 0 Å². The fourth-order valence-electron chi connectivity index (χ4n) is 5.38. The van der Waals surface area contributed by atoms with Crippen LogP contribution in [0.4, 0.5) is 0 Å². The van der Waals surface area contributed by atoms with Crippen LogP contribution >= 0.6 is 0 Å². The van der Waals surface area contributed by atoms with E-state index < -0.39 is 0 Å². The van der Waals surface area contributed by atoms with Crippen LogP contribution in [-0.4, -0.2) is 36.0 Å². The van der Waals surface area contributed by atoms with E-state index in [9.17, 15) is 0 Å². The van der Waals surface area contributed by atoms with Crippen LogP contribution in [0.1, 0.15) is 53.6 Å². The Bertz CT molecular complexity index is 690. The zero-order chi connectivity index (χ0) is 16.6. The molecule has 0 radical (unpaired) electrons. The molecule has 2 aromatic carbocycles. The maximum absolute atomic E-state index is 2.77. The average molecular weight is 332 g/mol. The Hall–Kier alpha value is -1.64. The van der Waals surface area contributed by atoms with Crippen molar-refractivity contribution in [2.24, 2.45) is 0 Å². The smallest absolute Gasteiger partial charge is 0.0351 e. The van der Waals surface area contributed by atoms with Crippen LogP contribution in [0.25, 0.3) is 0 Å². The summed E-state index contributed by atoms with van der Waals surface area (Å²) < 4.78 is 0. The summed E-state index contributed by atoms with van der Waals surface area (Å²) in [6, 6.07) is 19.6. The summed E-state index contributed by atoms with van der Waals surface area (Å²) in [5, 5.41) is 0. The van der Waals surface area contributed by atoms with Crippen molar-refractivity contribution in [2.75, 3.05) is 26.2 Å². The third-order valence-corrected chi connectivity index (χ3v) is 6.68. The van der Waals surface area contributed by atoms with Gasteiger partial charge in [-0.15, -0.1) is 0 Å². The van der Waals surface area contributed by atoms with Gasteiger partial charge in [-0.05, 0) is 54.4 Å². The third-order valence-electron chi connectivity index (χ3n) is 6.68. The maximum Gasteiger partial charge on any atom is 0.0351 e. The number of benzene rings is 2. The molecule has 0 spiro atoms. The minimum absolute atomic E-state index is 0.640. The average Bonchev–Trinajstić information content (AvgIpc) is 2.76. The van der Waals surface area contributed by atoms with Crippen LogP contribution in [0.5, 0.6) is 0 Å². The second kappa shape index (κ2) is 6.59. The van der Waals surface area contributed by atoms with Crippen molar-refractivity contribution in [3.8, 4) is 0 Å². The van der Waals surface area contributed by atoms with Gasteiger partial charge in [0.05, 0.1) is 0 Å². The van der Waals surface area contributed by atoms with Crippen molar-refractivity contribution in [2.45, 2.75) is 44.2 Å². The Morgan fingerprint density at radius 3 is 1.60 bits per heavy atom. The van der Waals surface area contributed by atoms with Crippen molar-refractivity contribution in [3.05, 3.63) is 70.8 Å². The van der Waals surface area contributed by atoms with Gasteiger partial charge in [0, 0.05) is 38.3 Å². The molecule has 25 heavy (non-hydrogen) atoms. The molecule has 2 heteroatoms. The zero-order valence-electron chi connectivity index (χ0n) is 15.0. The van der Waals surface area contributed by atoms with E-state index in [1.165, 1.54) is 58.3 Å². The molecule has 1 fully saturated rings. The summed E-state index contributed by atoms with van der Waals surface area (Å²) in [7, 11) is 0. The molecule has 0 N–H and O–H groups in total. The predicted octanol–water partition coefficient (Wildman–Crippen LogP) is 4.37. The summed E-state index contributed by atoms with van der Waals surface area (Å²) in [4.78, 5) is 5.54. The van der Waals surface area contributed by atoms with Gasteiger partial charge in [-0.1, -0.05) is 48.5 Å². The first-order valence-electron chi connectivity index (χ1n) is 10.0. The van der Waals surface area contributed by atoms with Gasteiger partial charge in [0.2, 0.25) is 0 Å². The molecule has 3 aliphatic rings. The number of nitrogens with zero attached hydrogens (tertiary/aromatic N) is 2. The Morgan fingerprint density at radius 2 is 1.08 bits per heavy atom. The molecule has 2 nitrogen and oxygen atoms in total. The van der Waals surface area contributed by atoms with Crippen LogP contribution in [0, 0.1) is 0 Å². The van der Waals surface area contributed by atoms with E-state index in [1.54, 1.807) is 22.3 Å². The standard InChI is InChI=1S/C23H28N2/c1-3-8-20-18(6-1)12-14-24-16-17-25-15-13-19-7-2-4-9-21(19)23(25)11-5-10-22(20)24/h1-4,6-9,22-23H,5,10-17H2/t22-,23-/m0/s1. The van der Waals surface area contributed by atoms with E-state index in [1.807, 2.05) is 0 Å². The zero-order valence-corrected chi connectivity index (χ0v) is 15.0. The number of fused-ring (bicyclic) bond motifs is 6. The Labute approximate surface area is 151 Å². The highest BCUT2D eigenvalue weighted by Gasteiger charge is 2.32. The second-order valence-electron chi connectivity index (χ2n) is 7.93. The molecule has 0 aliphatic carbocycles. The predicted molar refractivity (Wildman–Crippen MR) is 103 cm³/mol. The lowest BCUT2D eigenvalue weighted by Gasteiger charge is -2.39. The number of rotatable bonds is 0. The Morgan fingerprint density at radius 1 is 0.600 bits per heavy atom. The molecule has 0 unspecified atom stereocenters. The van der Waals surface area contributed by atoms with E-state index in [0.717, 1.165) is 0 Å². The van der Waals surface area contributed by atoms with Gasteiger partial charge in [-0.2, -0.15) is 0 Å². The Kier molecular flexibility index (Phi) is 4.11. The molecule has 0 amide bonds. The van der Waals surface area contributed by atoms with Gasteiger partial charge in [-0.3, -0.25) is 9.80 Å². The van der Waals surface area contributed by atoms with Crippen molar-refractivity contribution in [1.29, 1.82) is 0 Å². The summed E-state index contributed by atoms with van der Waals surface area (Å²) >= 11 is 0. The largest absolute Gasteiger partial charge is 0.295 e. The summed E-state index contributed by atoms with van der Waals surface area (Å²) in [6.07, 6.45) is 6.38. The van der Waals surface area contributed by atoms with E-state index in [4.69, 9.17) is 0 Å². The fraction of sp³-hybridized carbons (Fsp3) is 0.478. The summed E-state index contributed by atoms with van der Waals surface area (Å²) in [5.41, 5.74) is 6.39. The highest BCUT2D eigenvalue weighted by atomic mass is 15.2. The fourth-order valence-corrected chi connectivity index (χ4v) is 5.38. The third kappa shape index (κ3) is 2.82. The second-order valence-corrected chi connectivity index (χ2v) is 7.93. The minimum Gasteiger partial charge on any atom is -0.295 e. The molecule has 3 heterocycles. The first kappa shape index (κ1) is 15.6. The molecule has 0 aromatic heterocycles. The van der Waals surface area contributed by atoms with Crippen molar-refractivity contribution in [3.63, 3.8) is 0 Å². The lowest BCUT2D eigenvalue weighted by Crippen LogP contribution is -2.42. The number of hydrogen-bond acceptors (Lipinski definition) is 2. The normalized spacial score (nSPS) is 27.0. The van der Waals surface area contributed by atoms with E-state index in [0.29, 0.717) is 12.1 Å². The SMILES string of the molecule is c1ccc2c(c1)CCN1CCN3CCc4ccccc4[C@@H]3CCC[C@@H]21. The lowest BCUT2D eigenvalue weighted by atomic mass is 9.87. The molecular formula is C23H28N2. The Balaban J connectivity index is 1.43. The highest BCUT2D eigenvalue weighted by molar-refractivity contribution is 5.34. The van der Waals surface area contributed by atoms with Gasteiger partial charge in [0.25, 0.3) is 0 Å². The van der Waals surface area contributed by atoms with Crippen LogP contribution in [0.2, 0.25) is 0 Å². The maximum atomic E-state index is 2.77. The topological polar surface area (TPSA) is 6.48 Å². The molecule has 130 valence electrons. The molecule has 3 aliphatic heterocycles. The summed E-state index contributed by atoms with van der Waals surface area (Å²) in [5.74, 6) is 0. The van der Waals surface area contributed by atoms with Crippen molar-refractivity contribution in [1.82, 2.24) is 9.80 Å². The van der Waals surface area contributed by atoms with Crippen LogP contribution in [-0.2, 0) is 12.8 Å². The number of hydrogen-bond donors (Lipinski definition) is 0. The van der Waals surface area contributed by atoms with E-state index >= 15 is 0 Å². The lowest BCUT2D eigenvalue weighted by molar-refractivity contribution is 0.134. The quantitative estimate of drug-likeness (QED) is 0.707. The van der Waals surface area contributed by atoms with Crippen LogP contribution in [0.15, 0.2) is 48.5 Å². The van der Waals surface area contributed by atoms with Crippen molar-refractivity contribution >= 4 is 0 Å². The monoisotopic (exact) mass is 332 g/mol. The highest BCUT2D eigenvalue weighted by Crippen LogP contribution is 2.39. The minimum atomic E-state index is 0.640. The van der Waals surface area contributed by atoms with Gasteiger partial charge in [0.15, 0.2) is 0 Å². The summed E-state index contributed by atoms with van der Waals surface area (Å²) in [6.45, 7) is 4.91. The van der Waals surface area contributed by atoms with E-state index in [2.05, 4.69) is 58.3 Å². The van der Waals surface area contributed by atoms with Crippen LogP contribution < -0.4 is 0 Å². The molecule has 1 saturated heterocycles. The van der Waals surface area contributed by atoms with Crippen molar-refractivity contribution < 1.29 is 0 Å². The molecule has 2 aromatic rings. The molecule has 0 saturated carbocycles. The van der Waals surface area contributed by atoms with Gasteiger partial charge >= 0.3 is 0 Å².